The van der Waals surface area contributed by atoms with Gasteiger partial charge in [-0.2, -0.15) is 0 Å². The Labute approximate surface area is 145 Å². The standard InChI is InChI=1S/C22H30F2/c1-3-4-20-21(23)13-19(14-22(20)24)18-11-9-17(10-12-18)16-7-5-15(2)6-8-16/h3-4,13-18H,5-12H2,1-2H3/b4-3+. The van der Waals surface area contributed by atoms with Crippen LogP contribution in [0.25, 0.3) is 6.08 Å². The predicted molar refractivity (Wildman–Crippen MR) is 96.9 cm³/mol. The molecule has 1 aromatic rings. The molecule has 0 radical (unpaired) electrons. The van der Waals surface area contributed by atoms with Crippen LogP contribution < -0.4 is 0 Å². The Morgan fingerprint density at radius 2 is 1.33 bits per heavy atom. The van der Waals surface area contributed by atoms with Gasteiger partial charge in [-0.1, -0.05) is 31.9 Å². The minimum atomic E-state index is -0.425. The molecule has 2 aliphatic carbocycles. The van der Waals surface area contributed by atoms with Crippen molar-refractivity contribution in [2.45, 2.75) is 71.1 Å². The molecule has 0 aliphatic heterocycles. The molecule has 24 heavy (non-hydrogen) atoms. The molecule has 0 saturated heterocycles. The molecule has 0 nitrogen and oxygen atoms in total. The van der Waals surface area contributed by atoms with Crippen LogP contribution in [0.3, 0.4) is 0 Å². The van der Waals surface area contributed by atoms with E-state index in [-0.39, 0.29) is 5.56 Å². The highest BCUT2D eigenvalue weighted by atomic mass is 19.1. The first kappa shape index (κ1) is 17.6. The number of halogens is 2. The third kappa shape index (κ3) is 3.90. The van der Waals surface area contributed by atoms with E-state index in [2.05, 4.69) is 6.92 Å². The van der Waals surface area contributed by atoms with Gasteiger partial charge in [0.25, 0.3) is 0 Å². The van der Waals surface area contributed by atoms with Gasteiger partial charge in [0, 0.05) is 5.56 Å². The molecule has 132 valence electrons. The first-order valence-corrected chi connectivity index (χ1v) is 9.70. The minimum absolute atomic E-state index is 0.0891. The van der Waals surface area contributed by atoms with Crippen molar-refractivity contribution in [3.05, 3.63) is 41.0 Å². The summed E-state index contributed by atoms with van der Waals surface area (Å²) in [6.45, 7) is 4.15. The zero-order valence-electron chi connectivity index (χ0n) is 15.0. The Hall–Kier alpha value is -1.18. The SMILES string of the molecule is C/C=C/c1c(F)cc(C2CCC(C3CCC(C)CC3)CC2)cc1F. The highest BCUT2D eigenvalue weighted by molar-refractivity contribution is 5.51. The Bertz CT molecular complexity index is 551. The molecular formula is C22H30F2. The number of hydrogen-bond donors (Lipinski definition) is 0. The molecule has 3 rings (SSSR count). The molecule has 2 aliphatic rings. The van der Waals surface area contributed by atoms with Gasteiger partial charge < -0.3 is 0 Å². The fraction of sp³-hybridized carbons (Fsp3) is 0.636. The molecule has 1 aromatic carbocycles. The largest absolute Gasteiger partial charge is 0.206 e. The first-order chi connectivity index (χ1) is 11.6. The van der Waals surface area contributed by atoms with Crippen LogP contribution in [0.5, 0.6) is 0 Å². The summed E-state index contributed by atoms with van der Waals surface area (Å²) in [5.74, 6) is 2.11. The van der Waals surface area contributed by atoms with Crippen LogP contribution in [0.1, 0.15) is 82.3 Å². The molecule has 0 spiro atoms. The van der Waals surface area contributed by atoms with Crippen LogP contribution in [0, 0.1) is 29.4 Å². The summed E-state index contributed by atoms with van der Waals surface area (Å²) in [7, 11) is 0. The maximum atomic E-state index is 14.2. The first-order valence-electron chi connectivity index (χ1n) is 9.70. The van der Waals surface area contributed by atoms with Crippen molar-refractivity contribution >= 4 is 6.08 Å². The summed E-state index contributed by atoms with van der Waals surface area (Å²) < 4.78 is 28.3. The average Bonchev–Trinajstić information content (AvgIpc) is 2.59. The van der Waals surface area contributed by atoms with Crippen molar-refractivity contribution in [2.24, 2.45) is 17.8 Å². The van der Waals surface area contributed by atoms with Crippen LogP contribution in [-0.2, 0) is 0 Å². The molecule has 0 heterocycles. The van der Waals surface area contributed by atoms with Gasteiger partial charge in [-0.05, 0) is 86.8 Å². The molecule has 0 bridgehead atoms. The van der Waals surface area contributed by atoms with E-state index in [1.54, 1.807) is 25.1 Å². The molecule has 2 saturated carbocycles. The summed E-state index contributed by atoms with van der Waals surface area (Å²) in [4.78, 5) is 0. The van der Waals surface area contributed by atoms with Crippen LogP contribution >= 0.6 is 0 Å². The maximum Gasteiger partial charge on any atom is 0.133 e. The van der Waals surface area contributed by atoms with Crippen molar-refractivity contribution in [2.75, 3.05) is 0 Å². The normalized spacial score (nSPS) is 31.5. The molecule has 0 amide bonds. The van der Waals surface area contributed by atoms with Gasteiger partial charge in [-0.3, -0.25) is 0 Å². The summed E-state index contributed by atoms with van der Waals surface area (Å²) >= 11 is 0. The van der Waals surface area contributed by atoms with Crippen molar-refractivity contribution in [1.29, 1.82) is 0 Å². The molecular weight excluding hydrogens is 302 g/mol. The van der Waals surface area contributed by atoms with E-state index in [1.165, 1.54) is 44.6 Å². The van der Waals surface area contributed by atoms with Crippen molar-refractivity contribution in [3.8, 4) is 0 Å². The Balaban J connectivity index is 1.62. The van der Waals surface area contributed by atoms with Gasteiger partial charge in [0.1, 0.15) is 11.6 Å². The minimum Gasteiger partial charge on any atom is -0.206 e. The Morgan fingerprint density at radius 3 is 1.83 bits per heavy atom. The van der Waals surface area contributed by atoms with E-state index in [0.717, 1.165) is 36.2 Å². The highest BCUT2D eigenvalue weighted by Crippen LogP contribution is 2.44. The van der Waals surface area contributed by atoms with Crippen molar-refractivity contribution in [3.63, 3.8) is 0 Å². The van der Waals surface area contributed by atoms with Crippen LogP contribution in [0.4, 0.5) is 8.78 Å². The summed E-state index contributed by atoms with van der Waals surface area (Å²) in [6, 6.07) is 3.12. The molecule has 0 unspecified atom stereocenters. The highest BCUT2D eigenvalue weighted by Gasteiger charge is 2.30. The van der Waals surface area contributed by atoms with Crippen LogP contribution in [-0.4, -0.2) is 0 Å². The topological polar surface area (TPSA) is 0 Å². The zero-order valence-corrected chi connectivity index (χ0v) is 15.0. The van der Waals surface area contributed by atoms with Gasteiger partial charge in [-0.25, -0.2) is 8.78 Å². The number of hydrogen-bond acceptors (Lipinski definition) is 0. The van der Waals surface area contributed by atoms with Gasteiger partial charge >= 0.3 is 0 Å². The second-order valence-electron chi connectivity index (χ2n) is 8.03. The van der Waals surface area contributed by atoms with Crippen LogP contribution in [0.15, 0.2) is 18.2 Å². The van der Waals surface area contributed by atoms with E-state index in [4.69, 9.17) is 0 Å². The summed E-state index contributed by atoms with van der Waals surface area (Å²) in [5.41, 5.74) is 0.945. The monoisotopic (exact) mass is 332 g/mol. The number of benzene rings is 1. The maximum absolute atomic E-state index is 14.2. The fourth-order valence-corrected chi connectivity index (χ4v) is 4.85. The third-order valence-electron chi connectivity index (χ3n) is 6.41. The zero-order chi connectivity index (χ0) is 17.1. The fourth-order valence-electron chi connectivity index (χ4n) is 4.85. The molecule has 2 heteroatoms. The van der Waals surface area contributed by atoms with E-state index >= 15 is 0 Å². The van der Waals surface area contributed by atoms with E-state index in [0.29, 0.717) is 5.92 Å². The van der Waals surface area contributed by atoms with Crippen molar-refractivity contribution < 1.29 is 8.78 Å². The Kier molecular flexibility index (Phi) is 5.73. The van der Waals surface area contributed by atoms with Crippen molar-refractivity contribution in [1.82, 2.24) is 0 Å². The second kappa shape index (κ2) is 7.80. The lowest BCUT2D eigenvalue weighted by Gasteiger charge is -2.37. The van der Waals surface area contributed by atoms with E-state index in [1.807, 2.05) is 0 Å². The summed E-state index contributed by atoms with van der Waals surface area (Å²) in [5, 5.41) is 0. The van der Waals surface area contributed by atoms with Gasteiger partial charge in [0.15, 0.2) is 0 Å². The van der Waals surface area contributed by atoms with Gasteiger partial charge in [0.05, 0.1) is 0 Å². The molecule has 0 atom stereocenters. The number of allylic oxidation sites excluding steroid dienone is 1. The average molecular weight is 332 g/mol. The van der Waals surface area contributed by atoms with Gasteiger partial charge in [-0.15, -0.1) is 0 Å². The lowest BCUT2D eigenvalue weighted by molar-refractivity contribution is 0.165. The lowest BCUT2D eigenvalue weighted by Crippen LogP contribution is -2.24. The van der Waals surface area contributed by atoms with E-state index < -0.39 is 11.6 Å². The quantitative estimate of drug-likeness (QED) is 0.554. The Morgan fingerprint density at radius 1 is 0.833 bits per heavy atom. The summed E-state index contributed by atoms with van der Waals surface area (Å²) in [6.07, 6.45) is 13.3. The van der Waals surface area contributed by atoms with Crippen LogP contribution in [0.2, 0.25) is 0 Å². The van der Waals surface area contributed by atoms with Gasteiger partial charge in [0.2, 0.25) is 0 Å². The number of rotatable bonds is 3. The van der Waals surface area contributed by atoms with E-state index in [9.17, 15) is 8.78 Å². The predicted octanol–water partition coefficient (Wildman–Crippen LogP) is 7.10. The second-order valence-corrected chi connectivity index (χ2v) is 8.03. The third-order valence-corrected chi connectivity index (χ3v) is 6.41. The smallest absolute Gasteiger partial charge is 0.133 e. The lowest BCUT2D eigenvalue weighted by atomic mass is 9.68. The molecule has 0 aromatic heterocycles. The molecule has 2 fully saturated rings. The molecule has 0 N–H and O–H groups in total.